The summed E-state index contributed by atoms with van der Waals surface area (Å²) in [5.41, 5.74) is 0.892. The van der Waals surface area contributed by atoms with Crippen LogP contribution in [0.25, 0.3) is 0 Å². The molecule has 0 aliphatic rings. The van der Waals surface area contributed by atoms with Gasteiger partial charge in [0.2, 0.25) is 10.0 Å². The maximum Gasteiger partial charge on any atom is 0.338 e. The Hall–Kier alpha value is -3.24. The van der Waals surface area contributed by atoms with Gasteiger partial charge in [0, 0.05) is 18.8 Å². The van der Waals surface area contributed by atoms with Gasteiger partial charge in [-0.05, 0) is 55.5 Å². The van der Waals surface area contributed by atoms with Crippen LogP contribution in [0.3, 0.4) is 0 Å². The lowest BCUT2D eigenvalue weighted by Gasteiger charge is -2.18. The van der Waals surface area contributed by atoms with Crippen molar-refractivity contribution in [1.82, 2.24) is 4.31 Å². The normalized spacial score (nSPS) is 11.1. The second kappa shape index (κ2) is 11.4. The van der Waals surface area contributed by atoms with E-state index in [2.05, 4.69) is 5.32 Å². The molecule has 1 N–H and O–H groups in total. The zero-order chi connectivity index (χ0) is 23.7. The number of anilines is 1. The van der Waals surface area contributed by atoms with E-state index in [1.165, 1.54) is 52.8 Å². The molecule has 0 radical (unpaired) electrons. The Labute approximate surface area is 187 Å². The Balaban J connectivity index is 1.92. The minimum atomic E-state index is -3.63. The van der Waals surface area contributed by atoms with Crippen LogP contribution in [0.4, 0.5) is 5.69 Å². The van der Waals surface area contributed by atoms with E-state index in [0.717, 1.165) is 0 Å². The van der Waals surface area contributed by atoms with E-state index in [1.807, 2.05) is 0 Å². The standard InChI is InChI=1S/C22H26N2O7S/c1-4-24(5-2)32(28,29)19-13-9-17(10-14-19)22(27)31-15-20(25)23-18-11-7-16(8-12-18)21(26)30-6-3/h7-14H,4-6,15H2,1-3H3,(H,23,25). The predicted molar refractivity (Wildman–Crippen MR) is 118 cm³/mol. The number of nitrogens with one attached hydrogen (secondary N) is 1. The van der Waals surface area contributed by atoms with Crippen molar-refractivity contribution >= 4 is 33.6 Å². The number of ether oxygens (including phenoxy) is 2. The lowest BCUT2D eigenvalue weighted by molar-refractivity contribution is -0.119. The van der Waals surface area contributed by atoms with Crippen LogP contribution >= 0.6 is 0 Å². The first-order valence-electron chi connectivity index (χ1n) is 10.1. The van der Waals surface area contributed by atoms with Crippen molar-refractivity contribution in [3.05, 3.63) is 59.7 Å². The van der Waals surface area contributed by atoms with E-state index in [1.54, 1.807) is 20.8 Å². The van der Waals surface area contributed by atoms with Gasteiger partial charge in [-0.25, -0.2) is 18.0 Å². The molecule has 0 saturated carbocycles. The molecule has 32 heavy (non-hydrogen) atoms. The first-order valence-corrected chi connectivity index (χ1v) is 11.5. The summed E-state index contributed by atoms with van der Waals surface area (Å²) in [6.45, 7) is 5.59. The quantitative estimate of drug-likeness (QED) is 0.539. The highest BCUT2D eigenvalue weighted by Crippen LogP contribution is 2.17. The molecule has 0 heterocycles. The molecule has 0 aliphatic heterocycles. The average molecular weight is 463 g/mol. The fraction of sp³-hybridized carbons (Fsp3) is 0.318. The third kappa shape index (κ3) is 6.38. The van der Waals surface area contributed by atoms with Gasteiger partial charge in [0.05, 0.1) is 22.6 Å². The Kier molecular flexibility index (Phi) is 8.91. The van der Waals surface area contributed by atoms with Gasteiger partial charge in [-0.3, -0.25) is 4.79 Å². The molecule has 2 rings (SSSR count). The number of hydrogen-bond acceptors (Lipinski definition) is 7. The van der Waals surface area contributed by atoms with Gasteiger partial charge < -0.3 is 14.8 Å². The zero-order valence-corrected chi connectivity index (χ0v) is 19.0. The summed E-state index contributed by atoms with van der Waals surface area (Å²) in [6, 6.07) is 11.4. The number of hydrogen-bond donors (Lipinski definition) is 1. The minimum absolute atomic E-state index is 0.0711. The van der Waals surface area contributed by atoms with Crippen LogP contribution in [0.5, 0.6) is 0 Å². The van der Waals surface area contributed by atoms with Gasteiger partial charge in [0.25, 0.3) is 5.91 Å². The molecule has 10 heteroatoms. The van der Waals surface area contributed by atoms with Crippen LogP contribution in [0.1, 0.15) is 41.5 Å². The molecule has 0 aliphatic carbocycles. The van der Waals surface area contributed by atoms with Crippen LogP contribution in [-0.2, 0) is 24.3 Å². The van der Waals surface area contributed by atoms with Crippen molar-refractivity contribution in [2.24, 2.45) is 0 Å². The van der Waals surface area contributed by atoms with Gasteiger partial charge in [-0.15, -0.1) is 0 Å². The van der Waals surface area contributed by atoms with E-state index in [4.69, 9.17) is 9.47 Å². The van der Waals surface area contributed by atoms with Crippen LogP contribution in [-0.4, -0.2) is 56.9 Å². The first kappa shape index (κ1) is 25.0. The molecule has 0 atom stereocenters. The van der Waals surface area contributed by atoms with Crippen molar-refractivity contribution in [2.75, 3.05) is 31.6 Å². The van der Waals surface area contributed by atoms with Gasteiger partial charge >= 0.3 is 11.9 Å². The fourth-order valence-corrected chi connectivity index (χ4v) is 4.25. The van der Waals surface area contributed by atoms with Crippen molar-refractivity contribution < 1.29 is 32.3 Å². The second-order valence-corrected chi connectivity index (χ2v) is 8.47. The summed E-state index contributed by atoms with van der Waals surface area (Å²) >= 11 is 0. The largest absolute Gasteiger partial charge is 0.462 e. The molecule has 9 nitrogen and oxygen atoms in total. The van der Waals surface area contributed by atoms with Gasteiger partial charge in [0.15, 0.2) is 6.61 Å². The summed E-state index contributed by atoms with van der Waals surface area (Å²) in [4.78, 5) is 35.9. The van der Waals surface area contributed by atoms with Gasteiger partial charge in [0.1, 0.15) is 0 Å². The molecule has 172 valence electrons. The molecule has 0 saturated heterocycles. The molecule has 0 unspecified atom stereocenters. The third-order valence-corrected chi connectivity index (χ3v) is 6.51. The van der Waals surface area contributed by atoms with E-state index >= 15 is 0 Å². The summed E-state index contributed by atoms with van der Waals surface area (Å²) < 4.78 is 36.2. The number of esters is 2. The molecule has 0 aromatic heterocycles. The molecule has 0 fully saturated rings. The second-order valence-electron chi connectivity index (χ2n) is 6.54. The Morgan fingerprint density at radius 2 is 1.31 bits per heavy atom. The Morgan fingerprint density at radius 3 is 1.81 bits per heavy atom. The van der Waals surface area contributed by atoms with E-state index in [-0.39, 0.29) is 17.1 Å². The molecular weight excluding hydrogens is 436 g/mol. The van der Waals surface area contributed by atoms with Crippen molar-refractivity contribution in [1.29, 1.82) is 0 Å². The maximum atomic E-state index is 12.5. The van der Waals surface area contributed by atoms with Gasteiger partial charge in [-0.1, -0.05) is 13.8 Å². The lowest BCUT2D eigenvalue weighted by atomic mass is 10.2. The highest BCUT2D eigenvalue weighted by atomic mass is 32.2. The van der Waals surface area contributed by atoms with Crippen molar-refractivity contribution in [3.8, 4) is 0 Å². The Morgan fingerprint density at radius 1 is 0.812 bits per heavy atom. The van der Waals surface area contributed by atoms with Crippen molar-refractivity contribution in [2.45, 2.75) is 25.7 Å². The number of sulfonamides is 1. The number of carbonyl (C=O) groups is 3. The van der Waals surface area contributed by atoms with E-state index in [0.29, 0.717) is 24.3 Å². The summed E-state index contributed by atoms with van der Waals surface area (Å²) in [6.07, 6.45) is 0. The number of amides is 1. The molecule has 0 bridgehead atoms. The van der Waals surface area contributed by atoms with Crippen LogP contribution < -0.4 is 5.32 Å². The topological polar surface area (TPSA) is 119 Å². The number of rotatable bonds is 10. The maximum absolute atomic E-state index is 12.5. The van der Waals surface area contributed by atoms with Crippen LogP contribution in [0.15, 0.2) is 53.4 Å². The summed E-state index contributed by atoms with van der Waals surface area (Å²) in [5, 5.41) is 2.55. The van der Waals surface area contributed by atoms with Crippen molar-refractivity contribution in [3.63, 3.8) is 0 Å². The van der Waals surface area contributed by atoms with E-state index in [9.17, 15) is 22.8 Å². The monoisotopic (exact) mass is 462 g/mol. The highest BCUT2D eigenvalue weighted by Gasteiger charge is 2.22. The lowest BCUT2D eigenvalue weighted by Crippen LogP contribution is -2.30. The van der Waals surface area contributed by atoms with Gasteiger partial charge in [-0.2, -0.15) is 4.31 Å². The summed E-state index contributed by atoms with van der Waals surface area (Å²) in [5.74, 6) is -1.79. The van der Waals surface area contributed by atoms with E-state index < -0.39 is 34.5 Å². The molecule has 1 amide bonds. The molecule has 0 spiro atoms. The minimum Gasteiger partial charge on any atom is -0.462 e. The predicted octanol–water partition coefficient (Wildman–Crippen LogP) is 2.69. The van der Waals surface area contributed by atoms with Crippen LogP contribution in [0.2, 0.25) is 0 Å². The van der Waals surface area contributed by atoms with Crippen LogP contribution in [0, 0.1) is 0 Å². The SMILES string of the molecule is CCOC(=O)c1ccc(NC(=O)COC(=O)c2ccc(S(=O)(=O)N(CC)CC)cc2)cc1. The molecule has 2 aromatic carbocycles. The molecular formula is C22H26N2O7S. The summed E-state index contributed by atoms with van der Waals surface area (Å²) in [7, 11) is -3.63. The average Bonchev–Trinajstić information content (AvgIpc) is 2.79. The zero-order valence-electron chi connectivity index (χ0n) is 18.2. The number of benzene rings is 2. The number of nitrogens with zero attached hydrogens (tertiary/aromatic N) is 1. The highest BCUT2D eigenvalue weighted by molar-refractivity contribution is 7.89. The third-order valence-electron chi connectivity index (χ3n) is 4.45. The first-order chi connectivity index (χ1) is 15.2. The Bertz CT molecular complexity index is 1040. The smallest absolute Gasteiger partial charge is 0.338 e. The molecule has 2 aromatic rings. The fourth-order valence-electron chi connectivity index (χ4n) is 2.79. The number of carbonyl (C=O) groups excluding carboxylic acids is 3.